The topological polar surface area (TPSA) is 83.9 Å². The van der Waals surface area contributed by atoms with E-state index < -0.39 is 6.23 Å². The number of ether oxygens (including phenoxy) is 1. The number of pyridine rings is 1. The van der Waals surface area contributed by atoms with Gasteiger partial charge in [0, 0.05) is 34.5 Å². The first-order valence-electron chi connectivity index (χ1n) is 9.57. The van der Waals surface area contributed by atoms with Crippen molar-refractivity contribution >= 4 is 35.0 Å². The minimum absolute atomic E-state index is 0.247. The second kappa shape index (κ2) is 8.57. The third-order valence-corrected chi connectivity index (χ3v) is 4.89. The Labute approximate surface area is 184 Å². The fourth-order valence-electron chi connectivity index (χ4n) is 3.08. The summed E-state index contributed by atoms with van der Waals surface area (Å²) in [7, 11) is 0. The Balaban J connectivity index is 1.51. The summed E-state index contributed by atoms with van der Waals surface area (Å²) >= 11 is 5.86. The van der Waals surface area contributed by atoms with Gasteiger partial charge >= 0.3 is 0 Å². The number of nitrogens with one attached hydrogen (secondary N) is 1. The first-order valence-corrected chi connectivity index (χ1v) is 9.94. The summed E-state index contributed by atoms with van der Waals surface area (Å²) < 4.78 is 5.96. The number of rotatable bonds is 4. The number of anilines is 1. The van der Waals surface area contributed by atoms with E-state index in [1.807, 2.05) is 19.1 Å². The average molecular weight is 435 g/mol. The number of halogens is 1. The highest BCUT2D eigenvalue weighted by atomic mass is 35.5. The number of hydrogen-bond donors (Lipinski definition) is 1. The molecule has 3 aromatic rings. The lowest BCUT2D eigenvalue weighted by atomic mass is 10.1. The van der Waals surface area contributed by atoms with Crippen LogP contribution >= 0.6 is 11.6 Å². The van der Waals surface area contributed by atoms with E-state index in [1.54, 1.807) is 54.6 Å². The van der Waals surface area contributed by atoms with E-state index in [2.05, 4.69) is 15.4 Å². The van der Waals surface area contributed by atoms with E-state index >= 15 is 0 Å². The van der Waals surface area contributed by atoms with Crippen LogP contribution in [0.1, 0.15) is 40.5 Å². The highest BCUT2D eigenvalue weighted by Gasteiger charge is 2.33. The van der Waals surface area contributed by atoms with E-state index in [0.29, 0.717) is 27.5 Å². The van der Waals surface area contributed by atoms with Crippen molar-refractivity contribution < 1.29 is 14.3 Å². The molecule has 1 unspecified atom stereocenters. The molecule has 2 amide bonds. The molecular weight excluding hydrogens is 416 g/mol. The number of aryl methyl sites for hydroxylation is 1. The summed E-state index contributed by atoms with van der Waals surface area (Å²) in [4.78, 5) is 28.9. The summed E-state index contributed by atoms with van der Waals surface area (Å²) in [5.74, 6) is -0.222. The molecule has 156 valence electrons. The minimum Gasteiger partial charge on any atom is -0.445 e. The highest BCUT2D eigenvalue weighted by molar-refractivity contribution is 6.30. The molecule has 1 aliphatic heterocycles. The van der Waals surface area contributed by atoms with Crippen LogP contribution in [0.3, 0.4) is 0 Å². The van der Waals surface area contributed by atoms with E-state index in [4.69, 9.17) is 16.3 Å². The second-order valence-corrected chi connectivity index (χ2v) is 7.42. The quantitative estimate of drug-likeness (QED) is 0.653. The maximum atomic E-state index is 12.4. The molecule has 0 bridgehead atoms. The molecule has 2 heterocycles. The first kappa shape index (κ1) is 20.6. The number of aromatic nitrogens is 1. The fraction of sp³-hybridized carbons (Fsp3) is 0.130. The largest absolute Gasteiger partial charge is 0.445 e. The molecule has 0 saturated carbocycles. The smallest absolute Gasteiger partial charge is 0.259 e. The zero-order valence-corrected chi connectivity index (χ0v) is 17.6. The van der Waals surface area contributed by atoms with Crippen LogP contribution in [0.25, 0.3) is 0 Å². The van der Waals surface area contributed by atoms with Crippen molar-refractivity contribution in [3.05, 3.63) is 94.3 Å². The Hall–Kier alpha value is -3.71. The lowest BCUT2D eigenvalue weighted by molar-refractivity contribution is -0.135. The van der Waals surface area contributed by atoms with Gasteiger partial charge in [0.15, 0.2) is 0 Å². The van der Waals surface area contributed by atoms with Gasteiger partial charge < -0.3 is 10.1 Å². The summed E-state index contributed by atoms with van der Waals surface area (Å²) in [6.07, 6.45) is -0.712. The maximum absolute atomic E-state index is 12.4. The Morgan fingerprint density at radius 3 is 2.39 bits per heavy atom. The lowest BCUT2D eigenvalue weighted by Gasteiger charge is -2.19. The van der Waals surface area contributed by atoms with Gasteiger partial charge in [-0.3, -0.25) is 9.59 Å². The summed E-state index contributed by atoms with van der Waals surface area (Å²) in [6.45, 7) is 3.30. The minimum atomic E-state index is -0.712. The number of hydrazone groups is 1. The number of nitrogens with zero attached hydrogens (tertiary/aromatic N) is 3. The normalized spacial score (nSPS) is 15.3. The van der Waals surface area contributed by atoms with Gasteiger partial charge in [0.2, 0.25) is 12.1 Å². The van der Waals surface area contributed by atoms with E-state index in [1.165, 1.54) is 11.9 Å². The molecule has 0 fully saturated rings. The lowest BCUT2D eigenvalue weighted by Crippen LogP contribution is -2.25. The molecule has 0 spiro atoms. The molecule has 1 atom stereocenters. The first-order chi connectivity index (χ1) is 14.9. The molecule has 0 saturated heterocycles. The van der Waals surface area contributed by atoms with Gasteiger partial charge in [-0.25, -0.2) is 4.98 Å². The number of hydrogen-bond acceptors (Lipinski definition) is 5. The van der Waals surface area contributed by atoms with Gasteiger partial charge in [-0.2, -0.15) is 5.01 Å². The van der Waals surface area contributed by atoms with Crippen LogP contribution in [0.4, 0.5) is 5.69 Å². The number of amides is 2. The fourth-order valence-corrected chi connectivity index (χ4v) is 3.21. The molecule has 31 heavy (non-hydrogen) atoms. The second-order valence-electron chi connectivity index (χ2n) is 6.99. The van der Waals surface area contributed by atoms with Crippen molar-refractivity contribution in [3.63, 3.8) is 0 Å². The van der Waals surface area contributed by atoms with Crippen LogP contribution in [0.5, 0.6) is 0 Å². The maximum Gasteiger partial charge on any atom is 0.259 e. The van der Waals surface area contributed by atoms with Crippen molar-refractivity contribution in [3.8, 4) is 0 Å². The molecule has 8 heteroatoms. The Kier molecular flexibility index (Phi) is 5.68. The number of carbonyl (C=O) groups is 2. The Morgan fingerprint density at radius 2 is 1.74 bits per heavy atom. The SMILES string of the molecule is CC(=O)N1N=C(c2cccc(C)n2)OC1c1ccc(NC(=O)c2ccc(Cl)cc2)cc1. The molecule has 1 aromatic heterocycles. The zero-order valence-electron chi connectivity index (χ0n) is 16.9. The monoisotopic (exact) mass is 434 g/mol. The van der Waals surface area contributed by atoms with Crippen molar-refractivity contribution in [1.29, 1.82) is 0 Å². The predicted molar refractivity (Wildman–Crippen MR) is 118 cm³/mol. The average Bonchev–Trinajstić information content (AvgIpc) is 3.21. The van der Waals surface area contributed by atoms with Crippen molar-refractivity contribution in [2.45, 2.75) is 20.1 Å². The molecule has 1 aliphatic rings. The van der Waals surface area contributed by atoms with Gasteiger partial charge in [-0.05, 0) is 55.5 Å². The Bertz CT molecular complexity index is 1160. The van der Waals surface area contributed by atoms with Gasteiger partial charge in [-0.1, -0.05) is 29.8 Å². The molecule has 1 N–H and O–H groups in total. The van der Waals surface area contributed by atoms with Gasteiger partial charge in [0.05, 0.1) is 0 Å². The Morgan fingerprint density at radius 1 is 1.03 bits per heavy atom. The van der Waals surface area contributed by atoms with Crippen LogP contribution in [-0.4, -0.2) is 27.7 Å². The molecule has 2 aromatic carbocycles. The van der Waals surface area contributed by atoms with Crippen LogP contribution in [0, 0.1) is 6.92 Å². The summed E-state index contributed by atoms with van der Waals surface area (Å²) in [5.41, 5.74) is 3.20. The van der Waals surface area contributed by atoms with E-state index in [-0.39, 0.29) is 17.7 Å². The van der Waals surface area contributed by atoms with E-state index in [0.717, 1.165) is 5.69 Å². The molecule has 7 nitrogen and oxygen atoms in total. The molecule has 0 aliphatic carbocycles. The zero-order chi connectivity index (χ0) is 22.0. The third-order valence-electron chi connectivity index (χ3n) is 4.63. The van der Waals surface area contributed by atoms with E-state index in [9.17, 15) is 9.59 Å². The van der Waals surface area contributed by atoms with Crippen LogP contribution in [-0.2, 0) is 9.53 Å². The highest BCUT2D eigenvalue weighted by Crippen LogP contribution is 2.30. The van der Waals surface area contributed by atoms with Crippen molar-refractivity contribution in [2.75, 3.05) is 5.32 Å². The van der Waals surface area contributed by atoms with Crippen LogP contribution in [0.2, 0.25) is 5.02 Å². The predicted octanol–water partition coefficient (Wildman–Crippen LogP) is 4.53. The molecular formula is C23H19ClN4O3. The van der Waals surface area contributed by atoms with Crippen molar-refractivity contribution in [2.24, 2.45) is 5.10 Å². The standard InChI is InChI=1S/C23H19ClN4O3/c1-14-4-3-5-20(25-14)22-27-28(15(2)29)23(31-22)17-8-12-19(13-9-17)26-21(30)16-6-10-18(24)11-7-16/h3-13,23H,1-2H3,(H,26,30). The summed E-state index contributed by atoms with van der Waals surface area (Å²) in [6, 6.07) is 19.2. The van der Waals surface area contributed by atoms with Crippen LogP contribution < -0.4 is 5.32 Å². The van der Waals surface area contributed by atoms with Crippen molar-refractivity contribution in [1.82, 2.24) is 9.99 Å². The number of carbonyl (C=O) groups excluding carboxylic acids is 2. The molecule has 0 radical (unpaired) electrons. The van der Waals surface area contributed by atoms with Gasteiger partial charge in [0.1, 0.15) is 5.69 Å². The molecule has 4 rings (SSSR count). The summed E-state index contributed by atoms with van der Waals surface area (Å²) in [5, 5.41) is 8.98. The van der Waals surface area contributed by atoms with Gasteiger partial charge in [-0.15, -0.1) is 5.10 Å². The van der Waals surface area contributed by atoms with Crippen LogP contribution in [0.15, 0.2) is 71.8 Å². The third kappa shape index (κ3) is 4.57. The van der Waals surface area contributed by atoms with Gasteiger partial charge in [0.25, 0.3) is 11.8 Å². The number of benzene rings is 2.